The highest BCUT2D eigenvalue weighted by Crippen LogP contribution is 2.32. The number of nitrogens with one attached hydrogen (secondary N) is 1. The van der Waals surface area contributed by atoms with Crippen LogP contribution in [-0.2, 0) is 12.0 Å². The Balaban J connectivity index is 2.34. The summed E-state index contributed by atoms with van der Waals surface area (Å²) in [5.41, 5.74) is 1.34. The van der Waals surface area contributed by atoms with Gasteiger partial charge in [-0.15, -0.1) is 0 Å². The van der Waals surface area contributed by atoms with E-state index in [0.717, 1.165) is 12.1 Å². The minimum atomic E-state index is -0.833. The largest absolute Gasteiger partial charge is 0.384 e. The van der Waals surface area contributed by atoms with Gasteiger partial charge in [0, 0.05) is 12.3 Å². The fourth-order valence-corrected chi connectivity index (χ4v) is 2.98. The fourth-order valence-electron chi connectivity index (χ4n) is 2.98. The zero-order chi connectivity index (χ0) is 15.3. The molecule has 0 aliphatic rings. The quantitative estimate of drug-likeness (QED) is 0.832. The minimum absolute atomic E-state index is 0.171. The van der Waals surface area contributed by atoms with Crippen molar-refractivity contribution >= 4 is 0 Å². The number of hydrogen-bond donors (Lipinski definition) is 2. The normalized spacial score (nSPS) is 15.7. The summed E-state index contributed by atoms with van der Waals surface area (Å²) in [4.78, 5) is 1.35. The van der Waals surface area contributed by atoms with E-state index >= 15 is 0 Å². The molecule has 2 rings (SSSR count). The molecule has 0 aliphatic heterocycles. The Bertz CT molecular complexity index is 538. The van der Waals surface area contributed by atoms with Gasteiger partial charge in [0.05, 0.1) is 20.6 Å². The smallest absolute Gasteiger partial charge is 0.102 e. The molecule has 0 unspecified atom stereocenters. The van der Waals surface area contributed by atoms with E-state index in [1.54, 1.807) is 0 Å². The average Bonchev–Trinajstić information content (AvgIpc) is 2.48. The molecule has 0 aliphatic carbocycles. The summed E-state index contributed by atoms with van der Waals surface area (Å²) in [6.45, 7) is 3.07. The maximum Gasteiger partial charge on any atom is 0.102 e. The molecular formula is C19H26NO+. The number of aliphatic hydroxyl groups is 1. The van der Waals surface area contributed by atoms with Gasteiger partial charge in [-0.05, 0) is 11.1 Å². The Labute approximate surface area is 128 Å². The lowest BCUT2D eigenvalue weighted by molar-refractivity contribution is -0.863. The molecule has 0 spiro atoms. The van der Waals surface area contributed by atoms with Crippen molar-refractivity contribution in [3.63, 3.8) is 0 Å². The maximum atomic E-state index is 11.4. The number of quaternary nitrogens is 1. The van der Waals surface area contributed by atoms with E-state index in [1.807, 2.05) is 48.5 Å². The van der Waals surface area contributed by atoms with Crippen LogP contribution < -0.4 is 4.90 Å². The molecule has 0 fully saturated rings. The summed E-state index contributed by atoms with van der Waals surface area (Å²) in [5, 5.41) is 11.4. The SMILES string of the molecule is C[C@@H](C[NH+](C)C)[C@](O)(Cc1ccccc1)c1ccccc1. The van der Waals surface area contributed by atoms with Gasteiger partial charge < -0.3 is 10.0 Å². The first-order valence-electron chi connectivity index (χ1n) is 7.63. The van der Waals surface area contributed by atoms with E-state index in [0.29, 0.717) is 6.42 Å². The zero-order valence-corrected chi connectivity index (χ0v) is 13.2. The third kappa shape index (κ3) is 3.93. The van der Waals surface area contributed by atoms with Gasteiger partial charge in [0.2, 0.25) is 0 Å². The van der Waals surface area contributed by atoms with Crippen molar-refractivity contribution in [1.29, 1.82) is 0 Å². The van der Waals surface area contributed by atoms with Gasteiger partial charge in [0.15, 0.2) is 0 Å². The summed E-state index contributed by atoms with van der Waals surface area (Å²) >= 11 is 0. The van der Waals surface area contributed by atoms with Crippen molar-refractivity contribution in [3.8, 4) is 0 Å². The third-order valence-corrected chi connectivity index (χ3v) is 4.12. The number of hydrogen-bond acceptors (Lipinski definition) is 1. The topological polar surface area (TPSA) is 24.7 Å². The Morgan fingerprint density at radius 3 is 2.00 bits per heavy atom. The van der Waals surface area contributed by atoms with Crippen LogP contribution in [0, 0.1) is 5.92 Å². The summed E-state index contributed by atoms with van der Waals surface area (Å²) < 4.78 is 0. The first-order valence-corrected chi connectivity index (χ1v) is 7.63. The standard InChI is InChI=1S/C19H25NO/c1-16(15-20(2)3)19(21,18-12-8-5-9-13-18)14-17-10-6-4-7-11-17/h4-13,16,21H,14-15H2,1-3H3/p+1/t16-,19+/m0/s1. The highest BCUT2D eigenvalue weighted by atomic mass is 16.3. The Morgan fingerprint density at radius 2 is 1.48 bits per heavy atom. The molecule has 0 amide bonds. The van der Waals surface area contributed by atoms with Crippen molar-refractivity contribution in [1.82, 2.24) is 0 Å². The minimum Gasteiger partial charge on any atom is -0.384 e. The van der Waals surface area contributed by atoms with Crippen LogP contribution >= 0.6 is 0 Å². The lowest BCUT2D eigenvalue weighted by Crippen LogP contribution is -3.06. The molecule has 0 bridgehead atoms. The van der Waals surface area contributed by atoms with Crippen LogP contribution in [-0.4, -0.2) is 25.7 Å². The van der Waals surface area contributed by atoms with Gasteiger partial charge in [-0.1, -0.05) is 67.6 Å². The maximum absolute atomic E-state index is 11.4. The first-order chi connectivity index (χ1) is 10.0. The van der Waals surface area contributed by atoms with Gasteiger partial charge in [-0.3, -0.25) is 0 Å². The van der Waals surface area contributed by atoms with Crippen LogP contribution in [0.5, 0.6) is 0 Å². The third-order valence-electron chi connectivity index (χ3n) is 4.12. The van der Waals surface area contributed by atoms with Crippen molar-refractivity contribution in [2.75, 3.05) is 20.6 Å². The van der Waals surface area contributed by atoms with E-state index in [1.165, 1.54) is 10.5 Å². The Morgan fingerprint density at radius 1 is 0.952 bits per heavy atom. The molecule has 2 nitrogen and oxygen atoms in total. The molecule has 0 aromatic heterocycles. The molecule has 21 heavy (non-hydrogen) atoms. The molecule has 0 saturated heterocycles. The number of benzene rings is 2. The highest BCUT2D eigenvalue weighted by molar-refractivity contribution is 5.27. The molecule has 2 aromatic carbocycles. The van der Waals surface area contributed by atoms with Gasteiger partial charge in [0.25, 0.3) is 0 Å². The van der Waals surface area contributed by atoms with Crippen molar-refractivity contribution in [2.45, 2.75) is 18.9 Å². The zero-order valence-electron chi connectivity index (χ0n) is 13.2. The summed E-state index contributed by atoms with van der Waals surface area (Å²) in [6, 6.07) is 20.3. The van der Waals surface area contributed by atoms with Gasteiger partial charge in [-0.25, -0.2) is 0 Å². The molecular weight excluding hydrogens is 258 g/mol. The van der Waals surface area contributed by atoms with Gasteiger partial charge in [-0.2, -0.15) is 0 Å². The van der Waals surface area contributed by atoms with Gasteiger partial charge >= 0.3 is 0 Å². The second kappa shape index (κ2) is 6.88. The van der Waals surface area contributed by atoms with E-state index in [9.17, 15) is 5.11 Å². The van der Waals surface area contributed by atoms with Crippen LogP contribution in [0.3, 0.4) is 0 Å². The van der Waals surface area contributed by atoms with Crippen LogP contribution in [0.4, 0.5) is 0 Å². The predicted molar refractivity (Wildman–Crippen MR) is 87.3 cm³/mol. The van der Waals surface area contributed by atoms with Crippen LogP contribution in [0.25, 0.3) is 0 Å². The Kier molecular flexibility index (Phi) is 5.16. The highest BCUT2D eigenvalue weighted by Gasteiger charge is 2.37. The van der Waals surface area contributed by atoms with E-state index < -0.39 is 5.60 Å². The molecule has 2 heteroatoms. The monoisotopic (exact) mass is 284 g/mol. The molecule has 0 radical (unpaired) electrons. The molecule has 0 saturated carbocycles. The predicted octanol–water partition coefficient (Wildman–Crippen LogP) is 1.90. The van der Waals surface area contributed by atoms with Crippen molar-refractivity contribution in [2.24, 2.45) is 5.92 Å². The first kappa shape index (κ1) is 15.7. The average molecular weight is 284 g/mol. The van der Waals surface area contributed by atoms with Crippen molar-refractivity contribution < 1.29 is 10.0 Å². The summed E-state index contributed by atoms with van der Waals surface area (Å²) in [6.07, 6.45) is 0.645. The van der Waals surface area contributed by atoms with E-state index in [-0.39, 0.29) is 5.92 Å². The van der Waals surface area contributed by atoms with Crippen molar-refractivity contribution in [3.05, 3.63) is 71.8 Å². The summed E-state index contributed by atoms with van der Waals surface area (Å²) in [7, 11) is 4.26. The van der Waals surface area contributed by atoms with E-state index in [2.05, 4.69) is 33.2 Å². The lowest BCUT2D eigenvalue weighted by Gasteiger charge is -2.35. The van der Waals surface area contributed by atoms with Crippen LogP contribution in [0.2, 0.25) is 0 Å². The second-order valence-corrected chi connectivity index (χ2v) is 6.26. The molecule has 2 aromatic rings. The van der Waals surface area contributed by atoms with Crippen LogP contribution in [0.15, 0.2) is 60.7 Å². The lowest BCUT2D eigenvalue weighted by atomic mass is 9.77. The molecule has 2 atom stereocenters. The van der Waals surface area contributed by atoms with Gasteiger partial charge in [0.1, 0.15) is 5.60 Å². The molecule has 2 N–H and O–H groups in total. The van der Waals surface area contributed by atoms with Crippen LogP contribution in [0.1, 0.15) is 18.1 Å². The summed E-state index contributed by atoms with van der Waals surface area (Å²) in [5.74, 6) is 0.171. The molecule has 0 heterocycles. The van der Waals surface area contributed by atoms with E-state index in [4.69, 9.17) is 0 Å². The second-order valence-electron chi connectivity index (χ2n) is 6.26. The Hall–Kier alpha value is -1.64. The fraction of sp³-hybridized carbons (Fsp3) is 0.368. The number of rotatable bonds is 6. The molecule has 112 valence electrons.